The van der Waals surface area contributed by atoms with E-state index in [1.807, 2.05) is 0 Å². The van der Waals surface area contributed by atoms with Gasteiger partial charge in [-0.1, -0.05) is 13.8 Å². The Morgan fingerprint density at radius 1 is 1.33 bits per heavy atom. The summed E-state index contributed by atoms with van der Waals surface area (Å²) in [7, 11) is 0. The highest BCUT2D eigenvalue weighted by molar-refractivity contribution is 4.61. The summed E-state index contributed by atoms with van der Waals surface area (Å²) in [6.07, 6.45) is 2.03. The molecule has 0 bridgehead atoms. The van der Waals surface area contributed by atoms with Crippen LogP contribution in [-0.4, -0.2) is 37.5 Å². The van der Waals surface area contributed by atoms with Gasteiger partial charge in [0.2, 0.25) is 0 Å². The number of aliphatic hydroxyl groups is 1. The Labute approximate surface area is 75.1 Å². The average Bonchev–Trinajstić information content (AvgIpc) is 2.11. The second kappa shape index (κ2) is 8.97. The smallest absolute Gasteiger partial charge is 0.0591 e. The van der Waals surface area contributed by atoms with Crippen LogP contribution in [0.5, 0.6) is 0 Å². The molecule has 0 radical (unpaired) electrons. The average molecular weight is 175 g/mol. The zero-order chi connectivity index (χ0) is 9.23. The van der Waals surface area contributed by atoms with E-state index >= 15 is 0 Å². The third-order valence-electron chi connectivity index (χ3n) is 1.74. The summed E-state index contributed by atoms with van der Waals surface area (Å²) in [4.78, 5) is 0. The van der Waals surface area contributed by atoms with E-state index in [4.69, 9.17) is 9.84 Å². The summed E-state index contributed by atoms with van der Waals surface area (Å²) < 4.78 is 5.28. The Morgan fingerprint density at radius 2 is 2.08 bits per heavy atom. The zero-order valence-corrected chi connectivity index (χ0v) is 8.18. The minimum absolute atomic E-state index is 0.213. The highest BCUT2D eigenvalue weighted by Gasteiger charge is 2.01. The Hall–Kier alpha value is -0.120. The highest BCUT2D eigenvalue weighted by atomic mass is 16.5. The summed E-state index contributed by atoms with van der Waals surface area (Å²) in [6.45, 7) is 6.77. The zero-order valence-electron chi connectivity index (χ0n) is 8.18. The molecule has 0 fully saturated rings. The van der Waals surface area contributed by atoms with Crippen LogP contribution in [0.25, 0.3) is 0 Å². The molecule has 0 saturated heterocycles. The molecule has 74 valence electrons. The molecule has 1 atom stereocenters. The van der Waals surface area contributed by atoms with Crippen LogP contribution < -0.4 is 5.32 Å². The maximum absolute atomic E-state index is 8.83. The first-order valence-electron chi connectivity index (χ1n) is 4.77. The lowest BCUT2D eigenvalue weighted by atomic mass is 10.2. The second-order valence-electron chi connectivity index (χ2n) is 2.85. The Bertz CT molecular complexity index is 84.6. The topological polar surface area (TPSA) is 41.5 Å². The molecule has 0 rings (SSSR count). The Kier molecular flexibility index (Phi) is 8.88. The first kappa shape index (κ1) is 11.9. The van der Waals surface area contributed by atoms with Crippen molar-refractivity contribution in [3.63, 3.8) is 0 Å². The quantitative estimate of drug-likeness (QED) is 0.535. The monoisotopic (exact) mass is 175 g/mol. The maximum atomic E-state index is 8.83. The summed E-state index contributed by atoms with van der Waals surface area (Å²) in [5.74, 6) is 0. The van der Waals surface area contributed by atoms with E-state index in [0.717, 1.165) is 32.6 Å². The lowest BCUT2D eigenvalue weighted by Gasteiger charge is -2.13. The third kappa shape index (κ3) is 6.58. The number of hydrogen-bond donors (Lipinski definition) is 2. The number of rotatable bonds is 8. The van der Waals surface area contributed by atoms with E-state index < -0.39 is 0 Å². The van der Waals surface area contributed by atoms with Gasteiger partial charge in [-0.2, -0.15) is 0 Å². The third-order valence-corrected chi connectivity index (χ3v) is 1.74. The predicted octanol–water partition coefficient (Wildman–Crippen LogP) is 0.774. The fourth-order valence-electron chi connectivity index (χ4n) is 0.920. The van der Waals surface area contributed by atoms with Gasteiger partial charge in [-0.25, -0.2) is 0 Å². The first-order chi connectivity index (χ1) is 5.85. The van der Waals surface area contributed by atoms with Crippen molar-refractivity contribution in [2.24, 2.45) is 0 Å². The van der Waals surface area contributed by atoms with Crippen molar-refractivity contribution in [2.75, 3.05) is 26.4 Å². The molecule has 0 saturated carbocycles. The van der Waals surface area contributed by atoms with Crippen molar-refractivity contribution in [3.05, 3.63) is 0 Å². The van der Waals surface area contributed by atoms with Gasteiger partial charge in [0, 0.05) is 19.2 Å². The van der Waals surface area contributed by atoms with Crippen molar-refractivity contribution in [3.8, 4) is 0 Å². The van der Waals surface area contributed by atoms with Gasteiger partial charge in [0.1, 0.15) is 0 Å². The summed E-state index contributed by atoms with van der Waals surface area (Å²) in [6, 6.07) is 0.232. The number of aliphatic hydroxyl groups excluding tert-OH is 1. The summed E-state index contributed by atoms with van der Waals surface area (Å²) in [5, 5.41) is 12.0. The van der Waals surface area contributed by atoms with E-state index in [9.17, 15) is 0 Å². The minimum atomic E-state index is 0.213. The lowest BCUT2D eigenvalue weighted by molar-refractivity contribution is 0.130. The van der Waals surface area contributed by atoms with E-state index in [-0.39, 0.29) is 12.6 Å². The first-order valence-corrected chi connectivity index (χ1v) is 4.77. The second-order valence-corrected chi connectivity index (χ2v) is 2.85. The van der Waals surface area contributed by atoms with Gasteiger partial charge < -0.3 is 15.2 Å². The van der Waals surface area contributed by atoms with Crippen molar-refractivity contribution in [1.29, 1.82) is 0 Å². The van der Waals surface area contributed by atoms with Crippen molar-refractivity contribution in [2.45, 2.75) is 32.7 Å². The molecule has 1 unspecified atom stereocenters. The minimum Gasteiger partial charge on any atom is -0.395 e. The van der Waals surface area contributed by atoms with Gasteiger partial charge >= 0.3 is 0 Å². The standard InChI is InChI=1S/C9H21NO2/c1-3-6-12-7-5-10-9(4-2)8-11/h9-11H,3-8H2,1-2H3. The number of ether oxygens (including phenoxy) is 1. The van der Waals surface area contributed by atoms with Crippen LogP contribution in [0.4, 0.5) is 0 Å². The van der Waals surface area contributed by atoms with E-state index in [1.54, 1.807) is 0 Å². The molecule has 0 aliphatic rings. The molecule has 0 aromatic carbocycles. The van der Waals surface area contributed by atoms with Gasteiger partial charge in [0.15, 0.2) is 0 Å². The fraction of sp³-hybridized carbons (Fsp3) is 1.00. The molecule has 3 heteroatoms. The summed E-state index contributed by atoms with van der Waals surface area (Å²) in [5.41, 5.74) is 0. The van der Waals surface area contributed by atoms with Gasteiger partial charge in [-0.3, -0.25) is 0 Å². The molecule has 0 aliphatic carbocycles. The maximum Gasteiger partial charge on any atom is 0.0591 e. The molecule has 3 nitrogen and oxygen atoms in total. The predicted molar refractivity (Wildman–Crippen MR) is 50.3 cm³/mol. The van der Waals surface area contributed by atoms with E-state index in [1.165, 1.54) is 0 Å². The fourth-order valence-corrected chi connectivity index (χ4v) is 0.920. The molecule has 0 spiro atoms. The molecule has 0 aliphatic heterocycles. The van der Waals surface area contributed by atoms with Crippen molar-refractivity contribution < 1.29 is 9.84 Å². The van der Waals surface area contributed by atoms with Gasteiger partial charge in [0.05, 0.1) is 13.2 Å². The lowest BCUT2D eigenvalue weighted by Crippen LogP contribution is -2.34. The van der Waals surface area contributed by atoms with Crippen LogP contribution in [0, 0.1) is 0 Å². The van der Waals surface area contributed by atoms with Crippen LogP contribution in [0.3, 0.4) is 0 Å². The Balaban J connectivity index is 3.06. The van der Waals surface area contributed by atoms with Crippen molar-refractivity contribution >= 4 is 0 Å². The molecule has 12 heavy (non-hydrogen) atoms. The van der Waals surface area contributed by atoms with E-state index in [0.29, 0.717) is 0 Å². The van der Waals surface area contributed by atoms with Gasteiger partial charge in [-0.15, -0.1) is 0 Å². The van der Waals surface area contributed by atoms with Crippen molar-refractivity contribution in [1.82, 2.24) is 5.32 Å². The molecule has 2 N–H and O–H groups in total. The highest BCUT2D eigenvalue weighted by Crippen LogP contribution is 1.87. The number of nitrogens with one attached hydrogen (secondary N) is 1. The van der Waals surface area contributed by atoms with Crippen LogP contribution >= 0.6 is 0 Å². The molecule has 0 aromatic heterocycles. The van der Waals surface area contributed by atoms with E-state index in [2.05, 4.69) is 19.2 Å². The van der Waals surface area contributed by atoms with Gasteiger partial charge in [-0.05, 0) is 12.8 Å². The molecule has 0 aromatic rings. The normalized spacial score (nSPS) is 13.2. The largest absolute Gasteiger partial charge is 0.395 e. The molecular formula is C9H21NO2. The van der Waals surface area contributed by atoms with Crippen LogP contribution in [0.2, 0.25) is 0 Å². The molecule has 0 amide bonds. The van der Waals surface area contributed by atoms with Crippen LogP contribution in [0.15, 0.2) is 0 Å². The SMILES string of the molecule is CCCOCCNC(CC)CO. The molecular weight excluding hydrogens is 154 g/mol. The Morgan fingerprint density at radius 3 is 2.58 bits per heavy atom. The van der Waals surface area contributed by atoms with Crippen LogP contribution in [0.1, 0.15) is 26.7 Å². The molecule has 0 heterocycles. The van der Waals surface area contributed by atoms with Crippen LogP contribution in [-0.2, 0) is 4.74 Å². The number of hydrogen-bond acceptors (Lipinski definition) is 3. The van der Waals surface area contributed by atoms with Gasteiger partial charge in [0.25, 0.3) is 0 Å². The summed E-state index contributed by atoms with van der Waals surface area (Å²) >= 11 is 0.